The molecule has 86 valence electrons. The Bertz CT molecular complexity index is 263. The van der Waals surface area contributed by atoms with Crippen molar-refractivity contribution in [2.75, 3.05) is 7.05 Å². The second kappa shape index (κ2) is 6.00. The van der Waals surface area contributed by atoms with Crippen LogP contribution in [0.1, 0.15) is 26.2 Å². The van der Waals surface area contributed by atoms with Crippen molar-refractivity contribution in [3.05, 3.63) is 0 Å². The smallest absolute Gasteiger partial charge is 0.326 e. The molecule has 0 aliphatic carbocycles. The molecule has 6 nitrogen and oxygen atoms in total. The Hall–Kier alpha value is -1.59. The van der Waals surface area contributed by atoms with Gasteiger partial charge >= 0.3 is 11.9 Å². The second-order valence-corrected chi connectivity index (χ2v) is 3.14. The Morgan fingerprint density at radius 1 is 1.27 bits per heavy atom. The molecule has 0 radical (unpaired) electrons. The largest absolute Gasteiger partial charge is 0.481 e. The van der Waals surface area contributed by atoms with Crippen LogP contribution in [0.5, 0.6) is 0 Å². The number of carboxylic acids is 2. The van der Waals surface area contributed by atoms with Gasteiger partial charge in [-0.1, -0.05) is 6.92 Å². The number of likely N-dealkylation sites (N-methyl/N-ethyl adjacent to an activating group) is 1. The van der Waals surface area contributed by atoms with Gasteiger partial charge in [-0.05, 0) is 6.42 Å². The highest BCUT2D eigenvalue weighted by molar-refractivity contribution is 5.83. The van der Waals surface area contributed by atoms with Gasteiger partial charge in [-0.3, -0.25) is 9.59 Å². The molecule has 15 heavy (non-hydrogen) atoms. The van der Waals surface area contributed by atoms with E-state index < -0.39 is 18.0 Å². The molecule has 0 saturated carbocycles. The topological polar surface area (TPSA) is 94.9 Å². The van der Waals surface area contributed by atoms with Crippen molar-refractivity contribution < 1.29 is 24.6 Å². The second-order valence-electron chi connectivity index (χ2n) is 3.14. The van der Waals surface area contributed by atoms with Crippen molar-refractivity contribution in [1.82, 2.24) is 4.90 Å². The van der Waals surface area contributed by atoms with Crippen LogP contribution in [-0.4, -0.2) is 46.0 Å². The summed E-state index contributed by atoms with van der Waals surface area (Å²) in [6.07, 6.45) is -0.140. The molecule has 0 spiro atoms. The first-order valence-electron chi connectivity index (χ1n) is 4.60. The van der Waals surface area contributed by atoms with E-state index in [1.54, 1.807) is 6.92 Å². The lowest BCUT2D eigenvalue weighted by atomic mass is 10.1. The Morgan fingerprint density at radius 2 is 1.80 bits per heavy atom. The minimum absolute atomic E-state index is 0.0765. The molecule has 6 heteroatoms. The van der Waals surface area contributed by atoms with Crippen LogP contribution in [0.2, 0.25) is 0 Å². The first-order valence-corrected chi connectivity index (χ1v) is 4.60. The van der Waals surface area contributed by atoms with Crippen molar-refractivity contribution in [3.63, 3.8) is 0 Å². The third-order valence-electron chi connectivity index (χ3n) is 2.08. The maximum atomic E-state index is 11.2. The molecular formula is C9H15NO5. The highest BCUT2D eigenvalue weighted by Gasteiger charge is 2.25. The quantitative estimate of drug-likeness (QED) is 0.661. The fraction of sp³-hybridized carbons (Fsp3) is 0.667. The number of carbonyl (C=O) groups excluding carboxylic acids is 1. The maximum Gasteiger partial charge on any atom is 0.326 e. The van der Waals surface area contributed by atoms with Gasteiger partial charge in [0.05, 0.1) is 0 Å². The predicted octanol–water partition coefficient (Wildman–Crippen LogP) is 0.173. The van der Waals surface area contributed by atoms with Crippen LogP contribution >= 0.6 is 0 Å². The highest BCUT2D eigenvalue weighted by Crippen LogP contribution is 2.07. The summed E-state index contributed by atoms with van der Waals surface area (Å²) in [4.78, 5) is 33.4. The van der Waals surface area contributed by atoms with Gasteiger partial charge in [-0.15, -0.1) is 0 Å². The van der Waals surface area contributed by atoms with E-state index in [0.29, 0.717) is 0 Å². The summed E-state index contributed by atoms with van der Waals surface area (Å²) >= 11 is 0. The van der Waals surface area contributed by atoms with Crippen LogP contribution in [0.25, 0.3) is 0 Å². The van der Waals surface area contributed by atoms with E-state index in [1.807, 2.05) is 0 Å². The Labute approximate surface area is 87.5 Å². The normalized spacial score (nSPS) is 11.9. The van der Waals surface area contributed by atoms with Crippen LogP contribution in [0.3, 0.4) is 0 Å². The first-order chi connectivity index (χ1) is 6.90. The maximum absolute atomic E-state index is 11.2. The number of amides is 1. The van der Waals surface area contributed by atoms with Crippen LogP contribution in [-0.2, 0) is 14.4 Å². The monoisotopic (exact) mass is 217 g/mol. The Morgan fingerprint density at radius 3 is 2.13 bits per heavy atom. The zero-order chi connectivity index (χ0) is 12.0. The molecule has 1 unspecified atom stereocenters. The number of carboxylic acid groups (broad SMARTS) is 2. The van der Waals surface area contributed by atoms with Gasteiger partial charge in [-0.25, -0.2) is 4.79 Å². The summed E-state index contributed by atoms with van der Waals surface area (Å²) in [6, 6.07) is -1.06. The van der Waals surface area contributed by atoms with Crippen LogP contribution in [0.4, 0.5) is 0 Å². The third-order valence-corrected chi connectivity index (χ3v) is 2.08. The van der Waals surface area contributed by atoms with Crippen molar-refractivity contribution in [2.24, 2.45) is 0 Å². The summed E-state index contributed by atoms with van der Waals surface area (Å²) in [7, 11) is 1.37. The molecule has 0 aromatic rings. The summed E-state index contributed by atoms with van der Waals surface area (Å²) in [5, 5.41) is 17.2. The third kappa shape index (κ3) is 4.44. The molecule has 0 bridgehead atoms. The molecule has 0 rings (SSSR count). The van der Waals surface area contributed by atoms with Crippen molar-refractivity contribution in [3.8, 4) is 0 Å². The highest BCUT2D eigenvalue weighted by atomic mass is 16.4. The lowest BCUT2D eigenvalue weighted by Gasteiger charge is -2.23. The van der Waals surface area contributed by atoms with Gasteiger partial charge in [0.25, 0.3) is 0 Å². The van der Waals surface area contributed by atoms with Crippen molar-refractivity contribution in [2.45, 2.75) is 32.2 Å². The average molecular weight is 217 g/mol. The molecular weight excluding hydrogens is 202 g/mol. The molecule has 0 fully saturated rings. The standard InChI is InChI=1S/C9H15NO5/c1-3-7(11)10(2)6(9(14)15)4-5-8(12)13/h6H,3-5H2,1-2H3,(H,12,13)(H,14,15). The summed E-state index contributed by atoms with van der Waals surface area (Å²) in [6.45, 7) is 1.62. The summed E-state index contributed by atoms with van der Waals surface area (Å²) in [5.41, 5.74) is 0. The van der Waals surface area contributed by atoms with E-state index in [2.05, 4.69) is 0 Å². The lowest BCUT2D eigenvalue weighted by Crippen LogP contribution is -2.42. The number of rotatable bonds is 6. The van der Waals surface area contributed by atoms with Crippen LogP contribution in [0, 0.1) is 0 Å². The average Bonchev–Trinajstić information content (AvgIpc) is 2.15. The van der Waals surface area contributed by atoms with Crippen LogP contribution in [0.15, 0.2) is 0 Å². The van der Waals surface area contributed by atoms with E-state index >= 15 is 0 Å². The Kier molecular flexibility index (Phi) is 5.36. The number of aliphatic carboxylic acids is 2. The molecule has 0 aromatic carbocycles. The van der Waals surface area contributed by atoms with E-state index in [9.17, 15) is 14.4 Å². The zero-order valence-electron chi connectivity index (χ0n) is 8.77. The van der Waals surface area contributed by atoms with Gasteiger partial charge < -0.3 is 15.1 Å². The molecule has 0 aliphatic heterocycles. The minimum Gasteiger partial charge on any atom is -0.481 e. The van der Waals surface area contributed by atoms with E-state index in [0.717, 1.165) is 4.90 Å². The minimum atomic E-state index is -1.18. The van der Waals surface area contributed by atoms with Crippen LogP contribution < -0.4 is 0 Å². The SMILES string of the molecule is CCC(=O)N(C)C(CCC(=O)O)C(=O)O. The van der Waals surface area contributed by atoms with E-state index in [-0.39, 0.29) is 25.2 Å². The van der Waals surface area contributed by atoms with Gasteiger partial charge in [0, 0.05) is 19.9 Å². The van der Waals surface area contributed by atoms with E-state index in [4.69, 9.17) is 10.2 Å². The van der Waals surface area contributed by atoms with Crippen molar-refractivity contribution in [1.29, 1.82) is 0 Å². The molecule has 0 heterocycles. The van der Waals surface area contributed by atoms with Gasteiger partial charge in [0.15, 0.2) is 0 Å². The Balaban J connectivity index is 4.45. The fourth-order valence-electron chi connectivity index (χ4n) is 1.17. The molecule has 1 amide bonds. The lowest BCUT2D eigenvalue weighted by molar-refractivity contribution is -0.150. The fourth-order valence-corrected chi connectivity index (χ4v) is 1.17. The van der Waals surface area contributed by atoms with Gasteiger partial charge in [-0.2, -0.15) is 0 Å². The number of nitrogens with zero attached hydrogens (tertiary/aromatic N) is 1. The zero-order valence-corrected chi connectivity index (χ0v) is 8.77. The molecule has 2 N–H and O–H groups in total. The molecule has 0 saturated heterocycles. The molecule has 0 aliphatic rings. The predicted molar refractivity (Wildman–Crippen MR) is 51.4 cm³/mol. The first kappa shape index (κ1) is 13.4. The van der Waals surface area contributed by atoms with Gasteiger partial charge in [0.2, 0.25) is 5.91 Å². The number of hydrogen-bond acceptors (Lipinski definition) is 3. The van der Waals surface area contributed by atoms with Gasteiger partial charge in [0.1, 0.15) is 6.04 Å². The molecule has 0 aromatic heterocycles. The summed E-state index contributed by atoms with van der Waals surface area (Å²) in [5.74, 6) is -2.56. The van der Waals surface area contributed by atoms with Crippen molar-refractivity contribution >= 4 is 17.8 Å². The number of carbonyl (C=O) groups is 3. The molecule has 1 atom stereocenters. The summed E-state index contributed by atoms with van der Waals surface area (Å²) < 4.78 is 0. The van der Waals surface area contributed by atoms with E-state index in [1.165, 1.54) is 7.05 Å². The number of hydrogen-bond donors (Lipinski definition) is 2.